The van der Waals surface area contributed by atoms with Crippen molar-refractivity contribution in [1.82, 2.24) is 10.1 Å². The van der Waals surface area contributed by atoms with Crippen LogP contribution in [-0.2, 0) is 4.79 Å². The summed E-state index contributed by atoms with van der Waals surface area (Å²) in [5.74, 6) is -1.09. The van der Waals surface area contributed by atoms with E-state index in [1.807, 2.05) is 0 Å². The highest BCUT2D eigenvalue weighted by Gasteiger charge is 2.19. The normalized spacial score (nSPS) is 12.9. The molecule has 0 amide bonds. The van der Waals surface area contributed by atoms with Crippen LogP contribution in [0.25, 0.3) is 0 Å². The second kappa shape index (κ2) is 2.69. The van der Waals surface area contributed by atoms with E-state index in [0.29, 0.717) is 5.82 Å². The third-order valence-electron chi connectivity index (χ3n) is 1.28. The smallest absolute Gasteiger partial charge is 0.315 e. The molecule has 0 spiro atoms. The Balaban J connectivity index is 2.84. The number of carbonyl (C=O) groups is 1. The molecule has 1 aromatic rings. The zero-order valence-corrected chi connectivity index (χ0v) is 6.24. The monoisotopic (exact) mass is 156 g/mol. The quantitative estimate of drug-likeness (QED) is 0.677. The highest BCUT2D eigenvalue weighted by molar-refractivity contribution is 5.73. The molecule has 1 rings (SSSR count). The Hall–Kier alpha value is -1.39. The number of hydrogen-bond acceptors (Lipinski definition) is 4. The summed E-state index contributed by atoms with van der Waals surface area (Å²) in [6.07, 6.45) is 0. The topological polar surface area (TPSA) is 76.2 Å². The molecule has 1 heterocycles. The minimum atomic E-state index is -0.964. The van der Waals surface area contributed by atoms with Crippen LogP contribution in [0.1, 0.15) is 24.6 Å². The fourth-order valence-electron chi connectivity index (χ4n) is 0.595. The molecule has 0 aliphatic carbocycles. The molecule has 5 nitrogen and oxygen atoms in total. The molecule has 1 aromatic heterocycles. The van der Waals surface area contributed by atoms with Gasteiger partial charge in [0, 0.05) is 0 Å². The van der Waals surface area contributed by atoms with Crippen molar-refractivity contribution < 1.29 is 14.4 Å². The average Bonchev–Trinajstić information content (AvgIpc) is 2.34. The number of hydrogen-bond donors (Lipinski definition) is 1. The van der Waals surface area contributed by atoms with Crippen molar-refractivity contribution in [3.63, 3.8) is 0 Å². The lowest BCUT2D eigenvalue weighted by Crippen LogP contribution is -2.07. The van der Waals surface area contributed by atoms with Crippen LogP contribution in [0, 0.1) is 6.92 Å². The van der Waals surface area contributed by atoms with Gasteiger partial charge in [-0.15, -0.1) is 0 Å². The summed E-state index contributed by atoms with van der Waals surface area (Å²) in [5.41, 5.74) is 0. The van der Waals surface area contributed by atoms with Gasteiger partial charge in [0.05, 0.1) is 0 Å². The lowest BCUT2D eigenvalue weighted by atomic mass is 10.2. The standard InChI is InChI=1S/C6H8N2O3/c1-3(6(9)10)5-7-4(2)8-11-5/h3H,1-2H3,(H,9,10). The summed E-state index contributed by atoms with van der Waals surface area (Å²) in [6.45, 7) is 3.14. The second-order valence-electron chi connectivity index (χ2n) is 2.24. The van der Waals surface area contributed by atoms with Crippen LogP contribution in [0.3, 0.4) is 0 Å². The van der Waals surface area contributed by atoms with Gasteiger partial charge in [-0.3, -0.25) is 4.79 Å². The maximum absolute atomic E-state index is 10.4. The van der Waals surface area contributed by atoms with Crippen molar-refractivity contribution in [1.29, 1.82) is 0 Å². The van der Waals surface area contributed by atoms with Gasteiger partial charge in [0.1, 0.15) is 5.92 Å². The number of carboxylic acids is 1. The summed E-state index contributed by atoms with van der Waals surface area (Å²) in [6, 6.07) is 0. The minimum Gasteiger partial charge on any atom is -0.481 e. The van der Waals surface area contributed by atoms with E-state index in [9.17, 15) is 4.79 Å². The average molecular weight is 156 g/mol. The van der Waals surface area contributed by atoms with Crippen LogP contribution in [0.5, 0.6) is 0 Å². The summed E-state index contributed by atoms with van der Waals surface area (Å²) in [4.78, 5) is 14.2. The Bertz CT molecular complexity index is 269. The van der Waals surface area contributed by atoms with Crippen LogP contribution in [0.4, 0.5) is 0 Å². The van der Waals surface area contributed by atoms with E-state index in [-0.39, 0.29) is 5.89 Å². The van der Waals surface area contributed by atoms with Crippen molar-refractivity contribution in [3.8, 4) is 0 Å². The SMILES string of the molecule is Cc1noc(C(C)C(=O)O)n1. The van der Waals surface area contributed by atoms with E-state index >= 15 is 0 Å². The number of nitrogens with zero attached hydrogens (tertiary/aromatic N) is 2. The maximum Gasteiger partial charge on any atom is 0.315 e. The molecule has 11 heavy (non-hydrogen) atoms. The van der Waals surface area contributed by atoms with Crippen molar-refractivity contribution in [2.75, 3.05) is 0 Å². The van der Waals surface area contributed by atoms with Crippen LogP contribution in [0.2, 0.25) is 0 Å². The van der Waals surface area contributed by atoms with Crippen LogP contribution in [-0.4, -0.2) is 21.2 Å². The first-order valence-corrected chi connectivity index (χ1v) is 3.14. The molecular weight excluding hydrogens is 148 g/mol. The first-order chi connectivity index (χ1) is 5.11. The van der Waals surface area contributed by atoms with Crippen molar-refractivity contribution >= 4 is 5.97 Å². The highest BCUT2D eigenvalue weighted by Crippen LogP contribution is 2.11. The third-order valence-corrected chi connectivity index (χ3v) is 1.28. The van der Waals surface area contributed by atoms with Gasteiger partial charge in [0.2, 0.25) is 5.89 Å². The molecule has 0 aromatic carbocycles. The van der Waals surface area contributed by atoms with Crippen LogP contribution < -0.4 is 0 Å². The second-order valence-corrected chi connectivity index (χ2v) is 2.24. The Labute approximate surface area is 63.0 Å². The Morgan fingerprint density at radius 1 is 1.73 bits per heavy atom. The summed E-state index contributed by atoms with van der Waals surface area (Å²) < 4.78 is 4.65. The zero-order chi connectivity index (χ0) is 8.43. The van der Waals surface area contributed by atoms with Crippen molar-refractivity contribution in [3.05, 3.63) is 11.7 Å². The third kappa shape index (κ3) is 1.54. The van der Waals surface area contributed by atoms with Gasteiger partial charge in [-0.25, -0.2) is 0 Å². The van der Waals surface area contributed by atoms with Gasteiger partial charge in [0.15, 0.2) is 5.82 Å². The van der Waals surface area contributed by atoms with E-state index in [4.69, 9.17) is 5.11 Å². The van der Waals surface area contributed by atoms with Gasteiger partial charge in [-0.2, -0.15) is 4.98 Å². The van der Waals surface area contributed by atoms with Crippen molar-refractivity contribution in [2.24, 2.45) is 0 Å². The Morgan fingerprint density at radius 2 is 2.36 bits per heavy atom. The molecular formula is C6H8N2O3. The number of aryl methyl sites for hydroxylation is 1. The van der Waals surface area contributed by atoms with E-state index in [0.717, 1.165) is 0 Å². The largest absolute Gasteiger partial charge is 0.481 e. The molecule has 0 saturated heterocycles. The fraction of sp³-hybridized carbons (Fsp3) is 0.500. The predicted octanol–water partition coefficient (Wildman–Crippen LogP) is 0.566. The van der Waals surface area contributed by atoms with E-state index in [1.54, 1.807) is 6.92 Å². The summed E-state index contributed by atoms with van der Waals surface area (Å²) in [7, 11) is 0. The van der Waals surface area contributed by atoms with Gasteiger partial charge in [0.25, 0.3) is 0 Å². The Morgan fingerprint density at radius 3 is 2.73 bits per heavy atom. The summed E-state index contributed by atoms with van der Waals surface area (Å²) in [5, 5.41) is 12.0. The summed E-state index contributed by atoms with van der Waals surface area (Å²) >= 11 is 0. The number of aromatic nitrogens is 2. The molecule has 1 unspecified atom stereocenters. The van der Waals surface area contributed by atoms with Gasteiger partial charge in [-0.1, -0.05) is 5.16 Å². The molecule has 1 atom stereocenters. The molecule has 0 aliphatic heterocycles. The number of aliphatic carboxylic acids is 1. The first kappa shape index (κ1) is 7.71. The predicted molar refractivity (Wildman–Crippen MR) is 35.1 cm³/mol. The lowest BCUT2D eigenvalue weighted by Gasteiger charge is -1.95. The van der Waals surface area contributed by atoms with E-state index in [1.165, 1.54) is 6.92 Å². The minimum absolute atomic E-state index is 0.148. The van der Waals surface area contributed by atoms with E-state index < -0.39 is 11.9 Å². The van der Waals surface area contributed by atoms with Crippen LogP contribution >= 0.6 is 0 Å². The number of carboxylic acid groups (broad SMARTS) is 1. The Kier molecular flexibility index (Phi) is 1.89. The lowest BCUT2D eigenvalue weighted by molar-refractivity contribution is -0.138. The number of rotatable bonds is 2. The molecule has 60 valence electrons. The van der Waals surface area contributed by atoms with Crippen molar-refractivity contribution in [2.45, 2.75) is 19.8 Å². The van der Waals surface area contributed by atoms with Gasteiger partial charge < -0.3 is 9.63 Å². The maximum atomic E-state index is 10.4. The molecule has 0 saturated carbocycles. The first-order valence-electron chi connectivity index (χ1n) is 3.14. The zero-order valence-electron chi connectivity index (χ0n) is 6.24. The molecule has 0 fully saturated rings. The van der Waals surface area contributed by atoms with Gasteiger partial charge >= 0.3 is 5.97 Å². The molecule has 0 radical (unpaired) electrons. The highest BCUT2D eigenvalue weighted by atomic mass is 16.5. The molecule has 0 bridgehead atoms. The molecule has 1 N–H and O–H groups in total. The molecule has 0 aliphatic rings. The van der Waals surface area contributed by atoms with Crippen LogP contribution in [0.15, 0.2) is 4.52 Å². The fourth-order valence-corrected chi connectivity index (χ4v) is 0.595. The molecule has 5 heteroatoms. The van der Waals surface area contributed by atoms with Gasteiger partial charge in [-0.05, 0) is 13.8 Å². The van der Waals surface area contributed by atoms with E-state index in [2.05, 4.69) is 14.7 Å².